The maximum atomic E-state index is 12.1. The smallest absolute Gasteiger partial charge is 0.255 e. The summed E-state index contributed by atoms with van der Waals surface area (Å²) in [6.07, 6.45) is 0. The number of benzene rings is 2. The standard InChI is InChI=1S/C18H20N2O2/c1-14-13-22-12-11-20(14)17-9-7-16(8-10-17)19-18(21)15-5-3-2-4-6-15/h2-10,14H,11-13H2,1H3,(H,19,21). The molecule has 1 heterocycles. The highest BCUT2D eigenvalue weighted by Gasteiger charge is 2.18. The third-order valence-corrected chi connectivity index (χ3v) is 3.86. The van der Waals surface area contributed by atoms with E-state index < -0.39 is 0 Å². The van der Waals surface area contributed by atoms with E-state index in [9.17, 15) is 4.79 Å². The first-order valence-corrected chi connectivity index (χ1v) is 7.55. The van der Waals surface area contributed by atoms with Crippen molar-refractivity contribution in [1.82, 2.24) is 0 Å². The molecule has 1 saturated heterocycles. The number of nitrogens with zero attached hydrogens (tertiary/aromatic N) is 1. The molecule has 1 amide bonds. The number of morpholine rings is 1. The number of hydrogen-bond acceptors (Lipinski definition) is 3. The molecule has 1 aliphatic heterocycles. The van der Waals surface area contributed by atoms with Gasteiger partial charge in [0.1, 0.15) is 0 Å². The van der Waals surface area contributed by atoms with Crippen LogP contribution in [0.15, 0.2) is 54.6 Å². The van der Waals surface area contributed by atoms with Gasteiger partial charge in [0.25, 0.3) is 5.91 Å². The first-order chi connectivity index (χ1) is 10.7. The van der Waals surface area contributed by atoms with E-state index in [1.54, 1.807) is 12.1 Å². The minimum Gasteiger partial charge on any atom is -0.377 e. The number of carbonyl (C=O) groups is 1. The summed E-state index contributed by atoms with van der Waals surface area (Å²) in [7, 11) is 0. The normalized spacial score (nSPS) is 18.0. The number of anilines is 2. The van der Waals surface area contributed by atoms with Crippen LogP contribution in [0.4, 0.5) is 11.4 Å². The highest BCUT2D eigenvalue weighted by atomic mass is 16.5. The third kappa shape index (κ3) is 3.28. The van der Waals surface area contributed by atoms with Gasteiger partial charge in [0.15, 0.2) is 0 Å². The fourth-order valence-electron chi connectivity index (χ4n) is 2.64. The van der Waals surface area contributed by atoms with E-state index in [0.29, 0.717) is 11.6 Å². The summed E-state index contributed by atoms with van der Waals surface area (Å²) in [6, 6.07) is 17.6. The molecule has 0 aromatic heterocycles. The lowest BCUT2D eigenvalue weighted by atomic mass is 10.2. The Morgan fingerprint density at radius 1 is 1.14 bits per heavy atom. The lowest BCUT2D eigenvalue weighted by molar-refractivity contribution is 0.0989. The van der Waals surface area contributed by atoms with Gasteiger partial charge in [0, 0.05) is 29.5 Å². The summed E-state index contributed by atoms with van der Waals surface area (Å²) in [5.74, 6) is -0.0897. The zero-order valence-corrected chi connectivity index (χ0v) is 12.7. The van der Waals surface area contributed by atoms with Crippen molar-refractivity contribution in [2.24, 2.45) is 0 Å². The number of rotatable bonds is 3. The Morgan fingerprint density at radius 3 is 2.55 bits per heavy atom. The van der Waals surface area contributed by atoms with Gasteiger partial charge in [-0.25, -0.2) is 0 Å². The van der Waals surface area contributed by atoms with Gasteiger partial charge < -0.3 is 15.0 Å². The zero-order chi connectivity index (χ0) is 15.4. The van der Waals surface area contributed by atoms with Crippen LogP contribution >= 0.6 is 0 Å². The second-order valence-electron chi connectivity index (χ2n) is 5.48. The van der Waals surface area contributed by atoms with Gasteiger partial charge in [-0.1, -0.05) is 18.2 Å². The van der Waals surface area contributed by atoms with Crippen LogP contribution in [0.3, 0.4) is 0 Å². The van der Waals surface area contributed by atoms with Gasteiger partial charge >= 0.3 is 0 Å². The SMILES string of the molecule is CC1COCCN1c1ccc(NC(=O)c2ccccc2)cc1. The van der Waals surface area contributed by atoms with Crippen LogP contribution in [0.5, 0.6) is 0 Å². The summed E-state index contributed by atoms with van der Waals surface area (Å²) >= 11 is 0. The van der Waals surface area contributed by atoms with E-state index in [2.05, 4.69) is 17.1 Å². The van der Waals surface area contributed by atoms with E-state index in [1.165, 1.54) is 0 Å². The monoisotopic (exact) mass is 296 g/mol. The van der Waals surface area contributed by atoms with Crippen molar-refractivity contribution in [3.8, 4) is 0 Å². The summed E-state index contributed by atoms with van der Waals surface area (Å²) < 4.78 is 5.46. The van der Waals surface area contributed by atoms with Crippen molar-refractivity contribution in [3.05, 3.63) is 60.2 Å². The molecule has 2 aromatic carbocycles. The third-order valence-electron chi connectivity index (χ3n) is 3.86. The molecule has 1 fully saturated rings. The lowest BCUT2D eigenvalue weighted by Crippen LogP contribution is -2.43. The molecule has 114 valence electrons. The molecule has 1 unspecified atom stereocenters. The molecule has 0 aliphatic carbocycles. The van der Waals surface area contributed by atoms with Crippen LogP contribution in [0, 0.1) is 0 Å². The number of carbonyl (C=O) groups excluding carboxylic acids is 1. The Hall–Kier alpha value is -2.33. The van der Waals surface area contributed by atoms with Gasteiger partial charge in [-0.3, -0.25) is 4.79 Å². The Morgan fingerprint density at radius 2 is 1.86 bits per heavy atom. The summed E-state index contributed by atoms with van der Waals surface area (Å²) in [5, 5.41) is 2.92. The molecule has 0 bridgehead atoms. The molecule has 22 heavy (non-hydrogen) atoms. The van der Waals surface area contributed by atoms with E-state index >= 15 is 0 Å². The van der Waals surface area contributed by atoms with E-state index in [0.717, 1.165) is 31.1 Å². The van der Waals surface area contributed by atoms with Crippen molar-refractivity contribution < 1.29 is 9.53 Å². The van der Waals surface area contributed by atoms with Gasteiger partial charge in [0.05, 0.1) is 13.2 Å². The zero-order valence-electron chi connectivity index (χ0n) is 12.7. The van der Waals surface area contributed by atoms with E-state index in [4.69, 9.17) is 4.74 Å². The Bertz CT molecular complexity index is 625. The van der Waals surface area contributed by atoms with Gasteiger partial charge in [-0.05, 0) is 43.3 Å². The molecule has 1 N–H and O–H groups in total. The molecule has 0 spiro atoms. The van der Waals surface area contributed by atoms with Crippen molar-refractivity contribution in [1.29, 1.82) is 0 Å². The molecule has 0 radical (unpaired) electrons. The van der Waals surface area contributed by atoms with Crippen LogP contribution < -0.4 is 10.2 Å². The number of hydrogen-bond donors (Lipinski definition) is 1. The first kappa shape index (κ1) is 14.6. The average Bonchev–Trinajstić information content (AvgIpc) is 2.57. The van der Waals surface area contributed by atoms with Gasteiger partial charge in [-0.2, -0.15) is 0 Å². The number of amides is 1. The second kappa shape index (κ2) is 6.62. The van der Waals surface area contributed by atoms with Crippen LogP contribution in [0.1, 0.15) is 17.3 Å². The quantitative estimate of drug-likeness (QED) is 0.946. The molecule has 4 nitrogen and oxygen atoms in total. The fraction of sp³-hybridized carbons (Fsp3) is 0.278. The first-order valence-electron chi connectivity index (χ1n) is 7.55. The highest BCUT2D eigenvalue weighted by Crippen LogP contribution is 2.22. The van der Waals surface area contributed by atoms with Gasteiger partial charge in [-0.15, -0.1) is 0 Å². The largest absolute Gasteiger partial charge is 0.377 e. The number of ether oxygens (including phenoxy) is 1. The van der Waals surface area contributed by atoms with Crippen LogP contribution in [0.2, 0.25) is 0 Å². The molecule has 1 atom stereocenters. The maximum absolute atomic E-state index is 12.1. The van der Waals surface area contributed by atoms with Crippen LogP contribution in [0.25, 0.3) is 0 Å². The highest BCUT2D eigenvalue weighted by molar-refractivity contribution is 6.04. The van der Waals surface area contributed by atoms with Gasteiger partial charge in [0.2, 0.25) is 0 Å². The summed E-state index contributed by atoms with van der Waals surface area (Å²) in [6.45, 7) is 4.57. The summed E-state index contributed by atoms with van der Waals surface area (Å²) in [5.41, 5.74) is 2.63. The fourth-order valence-corrected chi connectivity index (χ4v) is 2.64. The molecule has 2 aromatic rings. The summed E-state index contributed by atoms with van der Waals surface area (Å²) in [4.78, 5) is 14.4. The molecule has 4 heteroatoms. The Kier molecular flexibility index (Phi) is 4.39. The predicted octanol–water partition coefficient (Wildman–Crippen LogP) is 3.16. The predicted molar refractivity (Wildman–Crippen MR) is 88.5 cm³/mol. The molecular formula is C18H20N2O2. The van der Waals surface area contributed by atoms with Crippen molar-refractivity contribution in [3.63, 3.8) is 0 Å². The van der Waals surface area contributed by atoms with Crippen molar-refractivity contribution in [2.45, 2.75) is 13.0 Å². The molecule has 0 saturated carbocycles. The van der Waals surface area contributed by atoms with Crippen LogP contribution in [-0.4, -0.2) is 31.7 Å². The minimum absolute atomic E-state index is 0.0897. The number of nitrogens with one attached hydrogen (secondary N) is 1. The molecular weight excluding hydrogens is 276 g/mol. The Labute approximate surface area is 130 Å². The lowest BCUT2D eigenvalue weighted by Gasteiger charge is -2.35. The Balaban J connectivity index is 1.68. The topological polar surface area (TPSA) is 41.6 Å². The average molecular weight is 296 g/mol. The second-order valence-corrected chi connectivity index (χ2v) is 5.48. The van der Waals surface area contributed by atoms with Crippen LogP contribution in [-0.2, 0) is 4.74 Å². The molecule has 1 aliphatic rings. The molecule has 3 rings (SSSR count). The van der Waals surface area contributed by atoms with Crippen molar-refractivity contribution >= 4 is 17.3 Å². The minimum atomic E-state index is -0.0897. The van der Waals surface area contributed by atoms with Crippen molar-refractivity contribution in [2.75, 3.05) is 30.0 Å². The van der Waals surface area contributed by atoms with E-state index in [1.807, 2.05) is 42.5 Å². The maximum Gasteiger partial charge on any atom is 0.255 e. The van der Waals surface area contributed by atoms with E-state index in [-0.39, 0.29) is 5.91 Å².